The second-order valence-corrected chi connectivity index (χ2v) is 4.77. The van der Waals surface area contributed by atoms with Gasteiger partial charge in [0.05, 0.1) is 11.4 Å². The van der Waals surface area contributed by atoms with Gasteiger partial charge in [-0.3, -0.25) is 9.58 Å². The van der Waals surface area contributed by atoms with E-state index in [0.29, 0.717) is 0 Å². The van der Waals surface area contributed by atoms with Crippen LogP contribution in [0.3, 0.4) is 0 Å². The average molecular weight is 244 g/mol. The number of anilines is 1. The number of rotatable bonds is 4. The maximum atomic E-state index is 5.95. The number of benzene rings is 1. The van der Waals surface area contributed by atoms with Crippen molar-refractivity contribution in [2.24, 2.45) is 7.05 Å². The Bertz CT molecular complexity index is 530. The Morgan fingerprint density at radius 2 is 2.00 bits per heavy atom. The fourth-order valence-corrected chi connectivity index (χ4v) is 2.11. The summed E-state index contributed by atoms with van der Waals surface area (Å²) < 4.78 is 1.93. The van der Waals surface area contributed by atoms with E-state index in [9.17, 15) is 0 Å². The van der Waals surface area contributed by atoms with Crippen molar-refractivity contribution in [3.8, 4) is 0 Å². The minimum absolute atomic E-state index is 0.844. The highest BCUT2D eigenvalue weighted by Gasteiger charge is 2.07. The van der Waals surface area contributed by atoms with Crippen LogP contribution >= 0.6 is 0 Å². The number of nitrogens with zero attached hydrogens (tertiary/aromatic N) is 3. The molecule has 2 N–H and O–H groups in total. The van der Waals surface area contributed by atoms with Crippen molar-refractivity contribution in [2.45, 2.75) is 20.0 Å². The molecule has 0 atom stereocenters. The van der Waals surface area contributed by atoms with E-state index in [2.05, 4.69) is 29.2 Å². The van der Waals surface area contributed by atoms with E-state index < -0.39 is 0 Å². The number of aryl methyl sites for hydroxylation is 2. The van der Waals surface area contributed by atoms with Crippen LogP contribution in [-0.4, -0.2) is 21.7 Å². The number of aromatic nitrogens is 2. The molecule has 0 saturated heterocycles. The van der Waals surface area contributed by atoms with E-state index in [-0.39, 0.29) is 0 Å². The summed E-state index contributed by atoms with van der Waals surface area (Å²) in [6.45, 7) is 3.72. The zero-order valence-corrected chi connectivity index (χ0v) is 11.2. The molecule has 0 aliphatic rings. The van der Waals surface area contributed by atoms with Crippen molar-refractivity contribution in [1.29, 1.82) is 0 Å². The Balaban J connectivity index is 2.03. The molecule has 0 bridgehead atoms. The van der Waals surface area contributed by atoms with E-state index in [1.165, 1.54) is 11.3 Å². The Hall–Kier alpha value is -1.81. The highest BCUT2D eigenvalue weighted by atomic mass is 15.3. The van der Waals surface area contributed by atoms with E-state index >= 15 is 0 Å². The number of nitrogen functional groups attached to an aromatic ring is 1. The summed E-state index contributed by atoms with van der Waals surface area (Å²) >= 11 is 0. The molecule has 0 amide bonds. The quantitative estimate of drug-likeness (QED) is 0.836. The normalized spacial score (nSPS) is 11.1. The van der Waals surface area contributed by atoms with Crippen LogP contribution in [0.2, 0.25) is 0 Å². The lowest BCUT2D eigenvalue weighted by atomic mass is 10.1. The molecule has 1 aromatic carbocycles. The van der Waals surface area contributed by atoms with Crippen molar-refractivity contribution in [2.75, 3.05) is 12.8 Å². The molecule has 4 nitrogen and oxygen atoms in total. The van der Waals surface area contributed by atoms with Crippen molar-refractivity contribution >= 4 is 5.69 Å². The van der Waals surface area contributed by atoms with Gasteiger partial charge in [0, 0.05) is 25.8 Å². The van der Waals surface area contributed by atoms with Gasteiger partial charge in [0.2, 0.25) is 0 Å². The van der Waals surface area contributed by atoms with Crippen molar-refractivity contribution < 1.29 is 0 Å². The second-order valence-electron chi connectivity index (χ2n) is 4.77. The van der Waals surface area contributed by atoms with Crippen LogP contribution in [0.25, 0.3) is 0 Å². The second kappa shape index (κ2) is 5.23. The summed E-state index contributed by atoms with van der Waals surface area (Å²) in [4.78, 5) is 2.24. The number of hydrogen-bond acceptors (Lipinski definition) is 3. The summed E-state index contributed by atoms with van der Waals surface area (Å²) in [5.74, 6) is 0. The fraction of sp³-hybridized carbons (Fsp3) is 0.357. The van der Waals surface area contributed by atoms with Gasteiger partial charge in [0.25, 0.3) is 0 Å². The van der Waals surface area contributed by atoms with Crippen molar-refractivity contribution in [3.63, 3.8) is 0 Å². The fourth-order valence-electron chi connectivity index (χ4n) is 2.11. The maximum Gasteiger partial charge on any atom is 0.0597 e. The number of para-hydroxylation sites is 1. The lowest BCUT2D eigenvalue weighted by molar-refractivity contribution is 0.310. The Labute approximate surface area is 108 Å². The lowest BCUT2D eigenvalue weighted by Gasteiger charge is -2.17. The van der Waals surface area contributed by atoms with Crippen LogP contribution in [0.4, 0.5) is 5.69 Å². The van der Waals surface area contributed by atoms with Crippen LogP contribution in [0.1, 0.15) is 17.0 Å². The largest absolute Gasteiger partial charge is 0.398 e. The zero-order chi connectivity index (χ0) is 13.1. The minimum atomic E-state index is 0.844. The molecular weight excluding hydrogens is 224 g/mol. The smallest absolute Gasteiger partial charge is 0.0597 e. The van der Waals surface area contributed by atoms with Crippen LogP contribution in [-0.2, 0) is 20.1 Å². The standard InChI is InChI=1S/C14H20N4/c1-11-8-13(18(3)16-11)10-17(2)9-12-6-4-5-7-14(12)15/h4-8H,9-10,15H2,1-3H3. The van der Waals surface area contributed by atoms with E-state index in [1.54, 1.807) is 0 Å². The van der Waals surface area contributed by atoms with Gasteiger partial charge < -0.3 is 5.73 Å². The molecule has 2 aromatic rings. The molecule has 0 fully saturated rings. The molecule has 1 aromatic heterocycles. The molecule has 2 rings (SSSR count). The molecule has 18 heavy (non-hydrogen) atoms. The van der Waals surface area contributed by atoms with Gasteiger partial charge in [-0.05, 0) is 31.7 Å². The SMILES string of the molecule is Cc1cc(CN(C)Cc2ccccc2N)n(C)n1. The summed E-state index contributed by atoms with van der Waals surface area (Å²) in [5.41, 5.74) is 10.2. The molecule has 0 aliphatic heterocycles. The van der Waals surface area contributed by atoms with Gasteiger partial charge >= 0.3 is 0 Å². The minimum Gasteiger partial charge on any atom is -0.398 e. The third-order valence-electron chi connectivity index (χ3n) is 3.03. The highest BCUT2D eigenvalue weighted by Crippen LogP contribution is 2.14. The monoisotopic (exact) mass is 244 g/mol. The summed E-state index contributed by atoms with van der Waals surface area (Å²) in [6.07, 6.45) is 0. The predicted octanol–water partition coefficient (Wildman–Crippen LogP) is 1.94. The van der Waals surface area contributed by atoms with Gasteiger partial charge in [-0.15, -0.1) is 0 Å². The maximum absolute atomic E-state index is 5.95. The van der Waals surface area contributed by atoms with Gasteiger partial charge in [0.1, 0.15) is 0 Å². The molecule has 0 radical (unpaired) electrons. The van der Waals surface area contributed by atoms with Gasteiger partial charge in [-0.2, -0.15) is 5.10 Å². The highest BCUT2D eigenvalue weighted by molar-refractivity contribution is 5.46. The first-order valence-corrected chi connectivity index (χ1v) is 6.07. The van der Waals surface area contributed by atoms with Crippen LogP contribution in [0.15, 0.2) is 30.3 Å². The molecule has 0 saturated carbocycles. The Kier molecular flexibility index (Phi) is 3.67. The van der Waals surface area contributed by atoms with E-state index in [4.69, 9.17) is 5.73 Å². The summed E-state index contributed by atoms with van der Waals surface area (Å²) in [5, 5.41) is 4.35. The summed E-state index contributed by atoms with van der Waals surface area (Å²) in [6, 6.07) is 10.1. The van der Waals surface area contributed by atoms with Crippen LogP contribution in [0, 0.1) is 6.92 Å². The molecule has 1 heterocycles. The first-order chi connectivity index (χ1) is 8.56. The molecule has 4 heteroatoms. The van der Waals surface area contributed by atoms with Crippen LogP contribution < -0.4 is 5.73 Å². The lowest BCUT2D eigenvalue weighted by Crippen LogP contribution is -2.19. The summed E-state index contributed by atoms with van der Waals surface area (Å²) in [7, 11) is 4.07. The molecule has 0 unspecified atom stereocenters. The third-order valence-corrected chi connectivity index (χ3v) is 3.03. The third kappa shape index (κ3) is 2.90. The van der Waals surface area contributed by atoms with Gasteiger partial charge in [0.15, 0.2) is 0 Å². The van der Waals surface area contributed by atoms with Gasteiger partial charge in [-0.25, -0.2) is 0 Å². The molecule has 0 aliphatic carbocycles. The molecule has 0 spiro atoms. The van der Waals surface area contributed by atoms with Crippen LogP contribution in [0.5, 0.6) is 0 Å². The van der Waals surface area contributed by atoms with Crippen molar-refractivity contribution in [1.82, 2.24) is 14.7 Å². The topological polar surface area (TPSA) is 47.1 Å². The van der Waals surface area contributed by atoms with Crippen molar-refractivity contribution in [3.05, 3.63) is 47.3 Å². The first-order valence-electron chi connectivity index (χ1n) is 6.07. The predicted molar refractivity (Wildman–Crippen MR) is 74.0 cm³/mol. The molecular formula is C14H20N4. The average Bonchev–Trinajstić information content (AvgIpc) is 2.61. The first kappa shape index (κ1) is 12.6. The number of hydrogen-bond donors (Lipinski definition) is 1. The van der Waals surface area contributed by atoms with Gasteiger partial charge in [-0.1, -0.05) is 18.2 Å². The molecule has 96 valence electrons. The van der Waals surface area contributed by atoms with E-state index in [0.717, 1.165) is 24.5 Å². The Morgan fingerprint density at radius 1 is 1.28 bits per heavy atom. The Morgan fingerprint density at radius 3 is 2.61 bits per heavy atom. The van der Waals surface area contributed by atoms with E-state index in [1.807, 2.05) is 36.9 Å². The number of nitrogens with two attached hydrogens (primary N) is 1. The zero-order valence-electron chi connectivity index (χ0n) is 11.2.